The summed E-state index contributed by atoms with van der Waals surface area (Å²) in [5, 5.41) is 14.1. The molecule has 1 heterocycles. The van der Waals surface area contributed by atoms with Gasteiger partial charge in [-0.2, -0.15) is 5.10 Å². The van der Waals surface area contributed by atoms with Crippen LogP contribution in [0.4, 0.5) is 0 Å². The molecule has 1 amide bonds. The number of aryl methyl sites for hydroxylation is 1. The Morgan fingerprint density at radius 2 is 2.00 bits per heavy atom. The van der Waals surface area contributed by atoms with Gasteiger partial charge >= 0.3 is 0 Å². The van der Waals surface area contributed by atoms with Crippen molar-refractivity contribution in [1.82, 2.24) is 10.4 Å². The third-order valence-electron chi connectivity index (χ3n) is 3.34. The van der Waals surface area contributed by atoms with Gasteiger partial charge in [0.25, 0.3) is 5.91 Å². The predicted octanol–water partition coefficient (Wildman–Crippen LogP) is 3.01. The second kappa shape index (κ2) is 6.27. The van der Waals surface area contributed by atoms with Gasteiger partial charge in [-0.05, 0) is 36.8 Å². The van der Waals surface area contributed by atoms with Crippen molar-refractivity contribution < 1.29 is 9.90 Å². The summed E-state index contributed by atoms with van der Waals surface area (Å²) < 4.78 is 0. The standard InChI is InChI=1S/C18H15N3O2/c1-12-9-16(15-7-2-3-8-17(15)20-12)18(23)21-19-11-13-5-4-6-14(22)10-13/h2-11,22H,1H3,(H,21,23)/b19-11-. The molecule has 0 spiro atoms. The maximum atomic E-state index is 12.4. The molecule has 0 aliphatic heterocycles. The number of carbonyl (C=O) groups is 1. The number of carbonyl (C=O) groups excluding carboxylic acids is 1. The number of fused-ring (bicyclic) bond motifs is 1. The zero-order valence-electron chi connectivity index (χ0n) is 12.5. The van der Waals surface area contributed by atoms with E-state index in [1.807, 2.05) is 31.2 Å². The second-order valence-electron chi connectivity index (χ2n) is 5.12. The van der Waals surface area contributed by atoms with Crippen molar-refractivity contribution in [3.8, 4) is 5.75 Å². The van der Waals surface area contributed by atoms with Crippen LogP contribution in [0.5, 0.6) is 5.75 Å². The lowest BCUT2D eigenvalue weighted by molar-refractivity contribution is 0.0956. The minimum Gasteiger partial charge on any atom is -0.508 e. The number of hydrogen-bond acceptors (Lipinski definition) is 4. The Balaban J connectivity index is 1.84. The highest BCUT2D eigenvalue weighted by Gasteiger charge is 2.10. The number of benzene rings is 2. The summed E-state index contributed by atoms with van der Waals surface area (Å²) in [6.45, 7) is 1.85. The molecule has 23 heavy (non-hydrogen) atoms. The molecule has 114 valence electrons. The number of amides is 1. The van der Waals surface area contributed by atoms with Crippen LogP contribution in [0.25, 0.3) is 10.9 Å². The lowest BCUT2D eigenvalue weighted by Crippen LogP contribution is -2.18. The van der Waals surface area contributed by atoms with Crippen LogP contribution >= 0.6 is 0 Å². The van der Waals surface area contributed by atoms with E-state index in [0.29, 0.717) is 11.1 Å². The number of aromatic nitrogens is 1. The summed E-state index contributed by atoms with van der Waals surface area (Å²) in [5.41, 5.74) is 5.27. The third-order valence-corrected chi connectivity index (χ3v) is 3.34. The van der Waals surface area contributed by atoms with Gasteiger partial charge < -0.3 is 5.11 Å². The monoisotopic (exact) mass is 305 g/mol. The van der Waals surface area contributed by atoms with Crippen LogP contribution in [0.2, 0.25) is 0 Å². The fraction of sp³-hybridized carbons (Fsp3) is 0.0556. The Hall–Kier alpha value is -3.21. The molecule has 1 aromatic heterocycles. The smallest absolute Gasteiger partial charge is 0.272 e. The van der Waals surface area contributed by atoms with E-state index >= 15 is 0 Å². The van der Waals surface area contributed by atoms with Crippen molar-refractivity contribution in [2.24, 2.45) is 5.10 Å². The number of phenolic OH excluding ortho intramolecular Hbond substituents is 1. The van der Waals surface area contributed by atoms with Gasteiger partial charge in [0.1, 0.15) is 5.75 Å². The molecule has 3 rings (SSSR count). The van der Waals surface area contributed by atoms with E-state index in [4.69, 9.17) is 0 Å². The Kier molecular flexibility index (Phi) is 4.01. The number of pyridine rings is 1. The number of hydrazone groups is 1. The maximum absolute atomic E-state index is 12.4. The van der Waals surface area contributed by atoms with Crippen LogP contribution in [0, 0.1) is 6.92 Å². The van der Waals surface area contributed by atoms with Crippen LogP contribution in [0.3, 0.4) is 0 Å². The first kappa shape index (κ1) is 14.7. The van der Waals surface area contributed by atoms with Crippen molar-refractivity contribution in [1.29, 1.82) is 0 Å². The van der Waals surface area contributed by atoms with Crippen LogP contribution in [0.1, 0.15) is 21.6 Å². The number of hydrogen-bond donors (Lipinski definition) is 2. The molecule has 0 unspecified atom stereocenters. The zero-order valence-corrected chi connectivity index (χ0v) is 12.5. The number of nitrogens with one attached hydrogen (secondary N) is 1. The van der Waals surface area contributed by atoms with Crippen LogP contribution in [-0.4, -0.2) is 22.2 Å². The van der Waals surface area contributed by atoms with Gasteiger partial charge in [-0.3, -0.25) is 9.78 Å². The van der Waals surface area contributed by atoms with E-state index < -0.39 is 0 Å². The zero-order chi connectivity index (χ0) is 16.2. The van der Waals surface area contributed by atoms with E-state index in [1.165, 1.54) is 6.21 Å². The lowest BCUT2D eigenvalue weighted by Gasteiger charge is -2.06. The minimum absolute atomic E-state index is 0.149. The van der Waals surface area contributed by atoms with Crippen LogP contribution in [0.15, 0.2) is 59.7 Å². The average molecular weight is 305 g/mol. The Morgan fingerprint density at radius 1 is 1.17 bits per heavy atom. The summed E-state index contributed by atoms with van der Waals surface area (Å²) in [6, 6.07) is 15.8. The summed E-state index contributed by atoms with van der Waals surface area (Å²) in [4.78, 5) is 16.8. The van der Waals surface area contributed by atoms with Gasteiger partial charge in [-0.15, -0.1) is 0 Å². The van der Waals surface area contributed by atoms with Crippen molar-refractivity contribution >= 4 is 23.0 Å². The normalized spacial score (nSPS) is 11.0. The summed E-state index contributed by atoms with van der Waals surface area (Å²) in [5.74, 6) is -0.154. The molecule has 2 N–H and O–H groups in total. The molecule has 0 radical (unpaired) electrons. The van der Waals surface area contributed by atoms with Crippen molar-refractivity contribution in [3.63, 3.8) is 0 Å². The minimum atomic E-state index is -0.303. The van der Waals surface area contributed by atoms with Gasteiger partial charge in [-0.1, -0.05) is 30.3 Å². The largest absolute Gasteiger partial charge is 0.508 e. The molecule has 5 heteroatoms. The first-order valence-electron chi connectivity index (χ1n) is 7.12. The molecular weight excluding hydrogens is 290 g/mol. The topological polar surface area (TPSA) is 74.6 Å². The van der Waals surface area contributed by atoms with Crippen LogP contribution < -0.4 is 5.43 Å². The van der Waals surface area contributed by atoms with E-state index in [1.54, 1.807) is 30.3 Å². The SMILES string of the molecule is Cc1cc(C(=O)N/N=C\c2cccc(O)c2)c2ccccc2n1. The highest BCUT2D eigenvalue weighted by Crippen LogP contribution is 2.18. The van der Waals surface area contributed by atoms with E-state index in [9.17, 15) is 9.90 Å². The molecule has 5 nitrogen and oxygen atoms in total. The van der Waals surface area contributed by atoms with Gasteiger partial charge in [0.2, 0.25) is 0 Å². The first-order chi connectivity index (χ1) is 11.1. The van der Waals surface area contributed by atoms with Gasteiger partial charge in [0, 0.05) is 11.1 Å². The molecule has 0 atom stereocenters. The first-order valence-corrected chi connectivity index (χ1v) is 7.12. The number of phenols is 1. The van der Waals surface area contributed by atoms with E-state index in [2.05, 4.69) is 15.5 Å². The molecule has 0 fully saturated rings. The highest BCUT2D eigenvalue weighted by molar-refractivity contribution is 6.06. The molecule has 0 saturated carbocycles. The quantitative estimate of drug-likeness (QED) is 0.577. The number of aromatic hydroxyl groups is 1. The summed E-state index contributed by atoms with van der Waals surface area (Å²) in [6.07, 6.45) is 1.48. The highest BCUT2D eigenvalue weighted by atomic mass is 16.3. The second-order valence-corrected chi connectivity index (χ2v) is 5.12. The molecule has 3 aromatic rings. The molecule has 0 aliphatic rings. The third kappa shape index (κ3) is 3.35. The van der Waals surface area contributed by atoms with Crippen molar-refractivity contribution in [2.75, 3.05) is 0 Å². The maximum Gasteiger partial charge on any atom is 0.272 e. The summed E-state index contributed by atoms with van der Waals surface area (Å²) >= 11 is 0. The Bertz CT molecular complexity index is 904. The number of nitrogens with zero attached hydrogens (tertiary/aromatic N) is 2. The van der Waals surface area contributed by atoms with Gasteiger partial charge in [-0.25, -0.2) is 5.43 Å². The van der Waals surface area contributed by atoms with Crippen molar-refractivity contribution in [3.05, 3.63) is 71.4 Å². The Labute approximate surface area is 133 Å². The fourth-order valence-corrected chi connectivity index (χ4v) is 2.33. The van der Waals surface area contributed by atoms with Crippen LogP contribution in [-0.2, 0) is 0 Å². The van der Waals surface area contributed by atoms with Gasteiger partial charge in [0.05, 0.1) is 17.3 Å². The van der Waals surface area contributed by atoms with Crippen molar-refractivity contribution in [2.45, 2.75) is 6.92 Å². The molecule has 0 aliphatic carbocycles. The number of rotatable bonds is 3. The average Bonchev–Trinajstić information content (AvgIpc) is 2.54. The van der Waals surface area contributed by atoms with Gasteiger partial charge in [0.15, 0.2) is 0 Å². The fourth-order valence-electron chi connectivity index (χ4n) is 2.33. The predicted molar refractivity (Wildman–Crippen MR) is 89.6 cm³/mol. The Morgan fingerprint density at radius 3 is 2.83 bits per heavy atom. The lowest BCUT2D eigenvalue weighted by atomic mass is 10.1. The van der Waals surface area contributed by atoms with E-state index in [0.717, 1.165) is 16.6 Å². The molecule has 0 saturated heterocycles. The molecule has 2 aromatic carbocycles. The number of para-hydroxylation sites is 1. The summed E-state index contributed by atoms with van der Waals surface area (Å²) in [7, 11) is 0. The molecular formula is C18H15N3O2. The molecule has 0 bridgehead atoms. The van der Waals surface area contributed by atoms with E-state index in [-0.39, 0.29) is 11.7 Å².